The van der Waals surface area contributed by atoms with Gasteiger partial charge < -0.3 is 5.32 Å². The van der Waals surface area contributed by atoms with E-state index in [0.717, 1.165) is 3.79 Å². The minimum atomic E-state index is -0.524. The van der Waals surface area contributed by atoms with E-state index < -0.39 is 11.7 Å². The average Bonchev–Trinajstić information content (AvgIpc) is 2.61. The van der Waals surface area contributed by atoms with Crippen LogP contribution in [-0.4, -0.2) is 18.2 Å². The van der Waals surface area contributed by atoms with Gasteiger partial charge in [0.25, 0.3) is 5.91 Å². The van der Waals surface area contributed by atoms with E-state index >= 15 is 0 Å². The highest BCUT2D eigenvalue weighted by Crippen LogP contribution is 2.32. The second-order valence-corrected chi connectivity index (χ2v) is 6.69. The Morgan fingerprint density at radius 1 is 1.44 bits per heavy atom. The van der Waals surface area contributed by atoms with Crippen LogP contribution in [0.1, 0.15) is 25.6 Å². The Morgan fingerprint density at radius 2 is 2.06 bits per heavy atom. The fourth-order valence-corrected chi connectivity index (χ4v) is 2.68. The molecule has 0 bridgehead atoms. The third-order valence-corrected chi connectivity index (χ3v) is 4.24. The summed E-state index contributed by atoms with van der Waals surface area (Å²) in [5.41, 5.74) is -0.165. The number of nitrogens with one attached hydrogen (secondary N) is 1. The molecule has 1 aromatic heterocycles. The maximum Gasteiger partial charge on any atom is 0.287 e. The van der Waals surface area contributed by atoms with E-state index in [2.05, 4.69) is 21.2 Å². The lowest BCUT2D eigenvalue weighted by Crippen LogP contribution is -2.38. The van der Waals surface area contributed by atoms with Gasteiger partial charge in [-0.2, -0.15) is 0 Å². The van der Waals surface area contributed by atoms with Crippen LogP contribution in [0.15, 0.2) is 15.9 Å². The summed E-state index contributed by atoms with van der Waals surface area (Å²) in [5, 5.41) is 2.63. The van der Waals surface area contributed by atoms with Crippen LogP contribution < -0.4 is 5.32 Å². The predicted molar refractivity (Wildman–Crippen MR) is 68.7 cm³/mol. The quantitative estimate of drug-likeness (QED) is 0.869. The molecule has 0 atom stereocenters. The lowest BCUT2D eigenvalue weighted by atomic mass is 9.91. The number of hydrogen-bond donors (Lipinski definition) is 1. The highest BCUT2D eigenvalue weighted by Gasteiger charge is 2.23. The van der Waals surface area contributed by atoms with Crippen LogP contribution in [0.3, 0.4) is 0 Å². The van der Waals surface area contributed by atoms with Crippen LogP contribution in [0.25, 0.3) is 0 Å². The van der Waals surface area contributed by atoms with Gasteiger partial charge in [0.15, 0.2) is 0 Å². The van der Waals surface area contributed by atoms with Crippen LogP contribution in [0.5, 0.6) is 0 Å². The molecule has 0 radical (unpaired) electrons. The summed E-state index contributed by atoms with van der Waals surface area (Å²) in [6.45, 7) is 5.79. The van der Waals surface area contributed by atoms with E-state index in [4.69, 9.17) is 0 Å². The molecule has 0 spiro atoms. The first-order valence-electron chi connectivity index (χ1n) is 4.87. The monoisotopic (exact) mass is 303 g/mol. The SMILES string of the molecule is CC(=O)C(=O)NCC(C)(C)c1ccc(Br)s1. The van der Waals surface area contributed by atoms with Crippen molar-refractivity contribution in [2.45, 2.75) is 26.2 Å². The molecule has 0 saturated heterocycles. The lowest BCUT2D eigenvalue weighted by molar-refractivity contribution is -0.136. The van der Waals surface area contributed by atoms with Crippen molar-refractivity contribution in [3.8, 4) is 0 Å². The van der Waals surface area contributed by atoms with Crippen molar-refractivity contribution in [1.82, 2.24) is 5.32 Å². The smallest absolute Gasteiger partial charge is 0.287 e. The first-order valence-corrected chi connectivity index (χ1v) is 6.48. The molecule has 0 aliphatic rings. The Balaban J connectivity index is 2.65. The predicted octanol–water partition coefficient (Wildman–Crippen LogP) is 2.49. The molecule has 0 aromatic carbocycles. The van der Waals surface area contributed by atoms with Crippen molar-refractivity contribution in [3.05, 3.63) is 20.8 Å². The van der Waals surface area contributed by atoms with E-state index in [1.165, 1.54) is 11.8 Å². The normalized spacial score (nSPS) is 11.2. The molecule has 1 amide bonds. The van der Waals surface area contributed by atoms with Gasteiger partial charge in [0, 0.05) is 23.8 Å². The average molecular weight is 304 g/mol. The maximum atomic E-state index is 11.2. The molecule has 0 saturated carbocycles. The molecular formula is C11H14BrNO2S. The topological polar surface area (TPSA) is 46.2 Å². The molecule has 5 heteroatoms. The Labute approximate surface area is 107 Å². The van der Waals surface area contributed by atoms with Crippen LogP contribution in [-0.2, 0) is 15.0 Å². The molecule has 88 valence electrons. The molecular weight excluding hydrogens is 290 g/mol. The number of amides is 1. The maximum absolute atomic E-state index is 11.2. The molecule has 1 rings (SSSR count). The van der Waals surface area contributed by atoms with Crippen molar-refractivity contribution < 1.29 is 9.59 Å². The zero-order valence-corrected chi connectivity index (χ0v) is 11.9. The number of rotatable bonds is 4. The Hall–Kier alpha value is -0.680. The first-order chi connectivity index (χ1) is 7.33. The number of thiophene rings is 1. The molecule has 0 aliphatic carbocycles. The van der Waals surface area contributed by atoms with Gasteiger partial charge in [-0.05, 0) is 28.1 Å². The van der Waals surface area contributed by atoms with E-state index in [0.29, 0.717) is 6.54 Å². The van der Waals surface area contributed by atoms with E-state index in [9.17, 15) is 9.59 Å². The summed E-state index contributed by atoms with van der Waals surface area (Å²) in [6, 6.07) is 4.00. The largest absolute Gasteiger partial charge is 0.349 e. The highest BCUT2D eigenvalue weighted by atomic mass is 79.9. The van der Waals surface area contributed by atoms with Gasteiger partial charge in [0.1, 0.15) is 0 Å². The third-order valence-electron chi connectivity index (χ3n) is 2.25. The van der Waals surface area contributed by atoms with Crippen molar-refractivity contribution in [2.24, 2.45) is 0 Å². The molecule has 3 nitrogen and oxygen atoms in total. The summed E-state index contributed by atoms with van der Waals surface area (Å²) in [6.07, 6.45) is 0. The molecule has 0 unspecified atom stereocenters. The standard InChI is InChI=1S/C11H14BrNO2S/c1-7(14)10(15)13-6-11(2,3)8-4-5-9(12)16-8/h4-5H,6H2,1-3H3,(H,13,15). The number of hydrogen-bond acceptors (Lipinski definition) is 3. The summed E-state index contributed by atoms with van der Waals surface area (Å²) < 4.78 is 1.06. The zero-order valence-electron chi connectivity index (χ0n) is 9.46. The number of ketones is 1. The minimum absolute atomic E-state index is 0.165. The second kappa shape index (κ2) is 5.10. The highest BCUT2D eigenvalue weighted by molar-refractivity contribution is 9.11. The van der Waals surface area contributed by atoms with Crippen molar-refractivity contribution in [2.75, 3.05) is 6.54 Å². The molecule has 0 aliphatic heterocycles. The number of carbonyl (C=O) groups is 2. The number of Topliss-reactive ketones (excluding diaryl/α,β-unsaturated/α-hetero) is 1. The van der Waals surface area contributed by atoms with Crippen molar-refractivity contribution in [1.29, 1.82) is 0 Å². The van der Waals surface area contributed by atoms with Gasteiger partial charge in [-0.15, -0.1) is 11.3 Å². The van der Waals surface area contributed by atoms with Crippen LogP contribution >= 0.6 is 27.3 Å². The molecule has 1 N–H and O–H groups in total. The van der Waals surface area contributed by atoms with E-state index in [-0.39, 0.29) is 5.41 Å². The molecule has 16 heavy (non-hydrogen) atoms. The Morgan fingerprint density at radius 3 is 2.50 bits per heavy atom. The number of carbonyl (C=O) groups excluding carboxylic acids is 2. The first kappa shape index (κ1) is 13.4. The fraction of sp³-hybridized carbons (Fsp3) is 0.455. The number of halogens is 1. The van der Waals surface area contributed by atoms with Crippen LogP contribution in [0.2, 0.25) is 0 Å². The lowest BCUT2D eigenvalue weighted by Gasteiger charge is -2.23. The van der Waals surface area contributed by atoms with Gasteiger partial charge in [0.2, 0.25) is 5.78 Å². The van der Waals surface area contributed by atoms with Gasteiger partial charge in [-0.1, -0.05) is 13.8 Å². The molecule has 1 aromatic rings. The van der Waals surface area contributed by atoms with Gasteiger partial charge in [0.05, 0.1) is 3.79 Å². The molecule has 1 heterocycles. The van der Waals surface area contributed by atoms with Crippen LogP contribution in [0, 0.1) is 0 Å². The van der Waals surface area contributed by atoms with Crippen LogP contribution in [0.4, 0.5) is 0 Å². The van der Waals surface area contributed by atoms with Gasteiger partial charge >= 0.3 is 0 Å². The van der Waals surface area contributed by atoms with E-state index in [1.54, 1.807) is 11.3 Å². The van der Waals surface area contributed by atoms with Crippen molar-refractivity contribution in [3.63, 3.8) is 0 Å². The minimum Gasteiger partial charge on any atom is -0.349 e. The fourth-order valence-electron chi connectivity index (χ4n) is 1.19. The summed E-state index contributed by atoms with van der Waals surface area (Å²) in [5.74, 6) is -0.980. The van der Waals surface area contributed by atoms with Crippen molar-refractivity contribution >= 4 is 39.0 Å². The van der Waals surface area contributed by atoms with Gasteiger partial charge in [-0.25, -0.2) is 0 Å². The summed E-state index contributed by atoms with van der Waals surface area (Å²) >= 11 is 5.04. The second-order valence-electron chi connectivity index (χ2n) is 4.23. The zero-order chi connectivity index (χ0) is 12.3. The summed E-state index contributed by atoms with van der Waals surface area (Å²) in [7, 11) is 0. The van der Waals surface area contributed by atoms with E-state index in [1.807, 2.05) is 26.0 Å². The molecule has 0 fully saturated rings. The van der Waals surface area contributed by atoms with Gasteiger partial charge in [-0.3, -0.25) is 9.59 Å². The Bertz CT molecular complexity index is 412. The summed E-state index contributed by atoms with van der Waals surface area (Å²) in [4.78, 5) is 23.1. The Kier molecular flexibility index (Phi) is 4.27. The third kappa shape index (κ3) is 3.42.